The van der Waals surface area contributed by atoms with Crippen LogP contribution in [0.15, 0.2) is 46.0 Å². The summed E-state index contributed by atoms with van der Waals surface area (Å²) in [7, 11) is -3.37. The zero-order chi connectivity index (χ0) is 15.3. The molecule has 0 aliphatic heterocycles. The maximum absolute atomic E-state index is 12.0. The SMILES string of the molecule is CCN(CCNS(=O)(=O)c1cccs1)c1ccccc1C. The van der Waals surface area contributed by atoms with E-state index in [1.807, 2.05) is 12.1 Å². The van der Waals surface area contributed by atoms with Crippen LogP contribution in [0.1, 0.15) is 12.5 Å². The van der Waals surface area contributed by atoms with Gasteiger partial charge in [-0.1, -0.05) is 24.3 Å². The van der Waals surface area contributed by atoms with Crippen molar-refractivity contribution in [3.8, 4) is 0 Å². The number of thiophene rings is 1. The molecule has 0 radical (unpaired) electrons. The van der Waals surface area contributed by atoms with E-state index in [0.29, 0.717) is 17.3 Å². The minimum atomic E-state index is -3.37. The van der Waals surface area contributed by atoms with Crippen molar-refractivity contribution in [3.05, 3.63) is 47.3 Å². The Morgan fingerprint density at radius 2 is 1.95 bits per heavy atom. The summed E-state index contributed by atoms with van der Waals surface area (Å²) in [6.45, 7) is 6.01. The van der Waals surface area contributed by atoms with Crippen LogP contribution in [0.2, 0.25) is 0 Å². The zero-order valence-electron chi connectivity index (χ0n) is 12.2. The number of hydrogen-bond acceptors (Lipinski definition) is 4. The Hall–Kier alpha value is -1.37. The van der Waals surface area contributed by atoms with E-state index < -0.39 is 10.0 Å². The Morgan fingerprint density at radius 1 is 1.19 bits per heavy atom. The quantitative estimate of drug-likeness (QED) is 0.852. The summed E-state index contributed by atoms with van der Waals surface area (Å²) >= 11 is 1.23. The second-order valence-corrected chi connectivity index (χ2v) is 7.64. The molecule has 0 fully saturated rings. The molecule has 0 bridgehead atoms. The van der Waals surface area contributed by atoms with Gasteiger partial charge in [0.15, 0.2) is 0 Å². The second kappa shape index (κ2) is 7.06. The van der Waals surface area contributed by atoms with Crippen molar-refractivity contribution in [2.45, 2.75) is 18.1 Å². The fourth-order valence-electron chi connectivity index (χ4n) is 2.17. The van der Waals surface area contributed by atoms with Crippen molar-refractivity contribution in [2.24, 2.45) is 0 Å². The van der Waals surface area contributed by atoms with Crippen molar-refractivity contribution in [1.82, 2.24) is 4.72 Å². The molecule has 1 aromatic carbocycles. The Bertz CT molecular complexity index is 667. The Morgan fingerprint density at radius 3 is 2.57 bits per heavy atom. The lowest BCUT2D eigenvalue weighted by atomic mass is 10.2. The van der Waals surface area contributed by atoms with Crippen LogP contribution in [0.4, 0.5) is 5.69 Å². The molecule has 0 amide bonds. The largest absolute Gasteiger partial charge is 0.370 e. The van der Waals surface area contributed by atoms with E-state index in [1.54, 1.807) is 17.5 Å². The van der Waals surface area contributed by atoms with Gasteiger partial charge in [0.1, 0.15) is 4.21 Å². The van der Waals surface area contributed by atoms with Gasteiger partial charge in [0.2, 0.25) is 10.0 Å². The summed E-state index contributed by atoms with van der Waals surface area (Å²) in [5.41, 5.74) is 2.34. The van der Waals surface area contributed by atoms with Crippen LogP contribution in [0.3, 0.4) is 0 Å². The molecule has 0 unspecified atom stereocenters. The number of benzene rings is 1. The van der Waals surface area contributed by atoms with Gasteiger partial charge in [0.25, 0.3) is 0 Å². The van der Waals surface area contributed by atoms with Crippen molar-refractivity contribution < 1.29 is 8.42 Å². The molecule has 0 atom stereocenters. The lowest BCUT2D eigenvalue weighted by Crippen LogP contribution is -2.35. The van der Waals surface area contributed by atoms with Crippen LogP contribution < -0.4 is 9.62 Å². The Labute approximate surface area is 130 Å². The summed E-state index contributed by atoms with van der Waals surface area (Å²) in [6, 6.07) is 11.5. The number of nitrogens with zero attached hydrogens (tertiary/aromatic N) is 1. The zero-order valence-corrected chi connectivity index (χ0v) is 13.9. The molecule has 0 saturated carbocycles. The van der Waals surface area contributed by atoms with Crippen molar-refractivity contribution in [2.75, 3.05) is 24.5 Å². The molecule has 2 rings (SSSR count). The fraction of sp³-hybridized carbons (Fsp3) is 0.333. The van der Waals surface area contributed by atoms with Crippen LogP contribution >= 0.6 is 11.3 Å². The molecular formula is C15H20N2O2S2. The summed E-state index contributed by atoms with van der Waals surface area (Å²) in [6.07, 6.45) is 0. The highest BCUT2D eigenvalue weighted by atomic mass is 32.2. The standard InChI is InChI=1S/C15H20N2O2S2/c1-3-17(14-8-5-4-7-13(14)2)11-10-16-21(18,19)15-9-6-12-20-15/h4-9,12,16H,3,10-11H2,1-2H3. The van der Waals surface area contributed by atoms with E-state index >= 15 is 0 Å². The molecular weight excluding hydrogens is 304 g/mol. The maximum Gasteiger partial charge on any atom is 0.250 e. The number of anilines is 1. The Kier molecular flexibility index (Phi) is 5.39. The van der Waals surface area contributed by atoms with Gasteiger partial charge in [-0.25, -0.2) is 13.1 Å². The van der Waals surface area contributed by atoms with Gasteiger partial charge >= 0.3 is 0 Å². The van der Waals surface area contributed by atoms with Crippen LogP contribution in [0, 0.1) is 6.92 Å². The number of rotatable bonds is 7. The first-order valence-corrected chi connectivity index (χ1v) is 9.24. The predicted octanol–water partition coefficient (Wildman–Crippen LogP) is 2.86. The lowest BCUT2D eigenvalue weighted by Gasteiger charge is -2.25. The molecule has 1 aromatic heterocycles. The van der Waals surface area contributed by atoms with E-state index in [-0.39, 0.29) is 0 Å². The van der Waals surface area contributed by atoms with Crippen molar-refractivity contribution in [1.29, 1.82) is 0 Å². The fourth-order valence-corrected chi connectivity index (χ4v) is 4.23. The highest BCUT2D eigenvalue weighted by Crippen LogP contribution is 2.19. The number of hydrogen-bond donors (Lipinski definition) is 1. The van der Waals surface area contributed by atoms with E-state index in [9.17, 15) is 8.42 Å². The normalized spacial score (nSPS) is 11.5. The number of likely N-dealkylation sites (N-methyl/N-ethyl adjacent to an activating group) is 1. The first-order valence-electron chi connectivity index (χ1n) is 6.88. The summed E-state index contributed by atoms with van der Waals surface area (Å²) in [5.74, 6) is 0. The van der Waals surface area contributed by atoms with Gasteiger partial charge in [-0.2, -0.15) is 0 Å². The molecule has 0 aliphatic rings. The first kappa shape index (κ1) is 16.0. The Balaban J connectivity index is 1.97. The minimum Gasteiger partial charge on any atom is -0.370 e. The first-order chi connectivity index (χ1) is 10.0. The monoisotopic (exact) mass is 324 g/mol. The third kappa shape index (κ3) is 4.06. The number of para-hydroxylation sites is 1. The van der Waals surface area contributed by atoms with Crippen molar-refractivity contribution >= 4 is 27.0 Å². The van der Waals surface area contributed by atoms with Crippen LogP contribution in [0.25, 0.3) is 0 Å². The molecule has 6 heteroatoms. The van der Waals surface area contributed by atoms with Gasteiger partial charge < -0.3 is 4.90 Å². The average molecular weight is 324 g/mol. The van der Waals surface area contributed by atoms with Crippen LogP contribution in [-0.2, 0) is 10.0 Å². The van der Waals surface area contributed by atoms with Gasteiger partial charge in [0, 0.05) is 25.3 Å². The smallest absolute Gasteiger partial charge is 0.250 e. The third-order valence-corrected chi connectivity index (χ3v) is 6.13. The molecule has 114 valence electrons. The third-order valence-electron chi connectivity index (χ3n) is 3.27. The second-order valence-electron chi connectivity index (χ2n) is 4.70. The molecule has 0 spiro atoms. The average Bonchev–Trinajstić information content (AvgIpc) is 3.00. The lowest BCUT2D eigenvalue weighted by molar-refractivity contribution is 0.583. The van der Waals surface area contributed by atoms with Gasteiger partial charge in [-0.3, -0.25) is 0 Å². The molecule has 2 aromatic rings. The summed E-state index contributed by atoms with van der Waals surface area (Å²) < 4.78 is 27.1. The highest BCUT2D eigenvalue weighted by Gasteiger charge is 2.15. The number of sulfonamides is 1. The van der Waals surface area contributed by atoms with E-state index in [0.717, 1.165) is 12.2 Å². The molecule has 0 aliphatic carbocycles. The topological polar surface area (TPSA) is 49.4 Å². The summed E-state index contributed by atoms with van der Waals surface area (Å²) in [4.78, 5) is 2.17. The van der Waals surface area contributed by atoms with Gasteiger partial charge in [-0.15, -0.1) is 11.3 Å². The van der Waals surface area contributed by atoms with Gasteiger partial charge in [-0.05, 0) is 36.9 Å². The van der Waals surface area contributed by atoms with Crippen LogP contribution in [-0.4, -0.2) is 28.1 Å². The maximum atomic E-state index is 12.0. The molecule has 0 saturated heterocycles. The van der Waals surface area contributed by atoms with Gasteiger partial charge in [0.05, 0.1) is 0 Å². The highest BCUT2D eigenvalue weighted by molar-refractivity contribution is 7.91. The number of nitrogens with one attached hydrogen (secondary N) is 1. The molecule has 21 heavy (non-hydrogen) atoms. The minimum absolute atomic E-state index is 0.362. The summed E-state index contributed by atoms with van der Waals surface area (Å²) in [5, 5.41) is 1.76. The molecule has 1 N–H and O–H groups in total. The van der Waals surface area contributed by atoms with Crippen molar-refractivity contribution in [3.63, 3.8) is 0 Å². The van der Waals surface area contributed by atoms with E-state index in [1.165, 1.54) is 16.9 Å². The van der Waals surface area contributed by atoms with E-state index in [2.05, 4.69) is 35.6 Å². The number of aryl methyl sites for hydroxylation is 1. The molecule has 1 heterocycles. The van der Waals surface area contributed by atoms with Crippen LogP contribution in [0.5, 0.6) is 0 Å². The predicted molar refractivity (Wildman–Crippen MR) is 88.6 cm³/mol. The molecule has 4 nitrogen and oxygen atoms in total. The van der Waals surface area contributed by atoms with E-state index in [4.69, 9.17) is 0 Å².